The normalized spacial score (nSPS) is 15.3. The van der Waals surface area contributed by atoms with Crippen molar-refractivity contribution in [2.45, 2.75) is 13.0 Å². The molecule has 0 fully saturated rings. The summed E-state index contributed by atoms with van der Waals surface area (Å²) in [5.41, 5.74) is 4.19. The molecule has 24 heavy (non-hydrogen) atoms. The van der Waals surface area contributed by atoms with E-state index in [-0.39, 0.29) is 11.6 Å². The fourth-order valence-electron chi connectivity index (χ4n) is 3.44. The molecule has 1 aliphatic heterocycles. The van der Waals surface area contributed by atoms with Crippen LogP contribution in [0.1, 0.15) is 16.8 Å². The van der Waals surface area contributed by atoms with Crippen LogP contribution >= 0.6 is 0 Å². The lowest BCUT2D eigenvalue weighted by Gasteiger charge is -2.23. The van der Waals surface area contributed by atoms with Crippen molar-refractivity contribution in [2.75, 3.05) is 13.6 Å². The molecule has 2 aromatic carbocycles. The van der Waals surface area contributed by atoms with Crippen LogP contribution in [0, 0.1) is 11.6 Å². The summed E-state index contributed by atoms with van der Waals surface area (Å²) >= 11 is 0. The number of fused-ring (bicyclic) bond motifs is 3. The fourth-order valence-corrected chi connectivity index (χ4v) is 3.44. The van der Waals surface area contributed by atoms with Crippen LogP contribution in [0.5, 0.6) is 0 Å². The second-order valence-corrected chi connectivity index (χ2v) is 6.32. The molecule has 2 nitrogen and oxygen atoms in total. The molecule has 4 heteroatoms. The first-order valence-corrected chi connectivity index (χ1v) is 8.05. The van der Waals surface area contributed by atoms with E-state index in [0.717, 1.165) is 36.0 Å². The van der Waals surface area contributed by atoms with Gasteiger partial charge in [-0.1, -0.05) is 12.1 Å². The third-order valence-corrected chi connectivity index (χ3v) is 4.61. The molecule has 4 rings (SSSR count). The summed E-state index contributed by atoms with van der Waals surface area (Å²) in [4.78, 5) is 2.24. The second kappa shape index (κ2) is 5.87. The highest BCUT2D eigenvalue weighted by molar-refractivity contribution is 5.88. The van der Waals surface area contributed by atoms with Gasteiger partial charge in [-0.25, -0.2) is 8.78 Å². The van der Waals surface area contributed by atoms with Gasteiger partial charge in [-0.05, 0) is 54.6 Å². The summed E-state index contributed by atoms with van der Waals surface area (Å²) in [6.45, 7) is 1.79. The molecule has 1 aliphatic rings. The Labute approximate surface area is 139 Å². The van der Waals surface area contributed by atoms with E-state index in [9.17, 15) is 8.78 Å². The molecule has 3 aromatic rings. The Bertz CT molecular complexity index is 940. The smallest absolute Gasteiger partial charge is 0.123 e. The Balaban J connectivity index is 1.86. The van der Waals surface area contributed by atoms with Gasteiger partial charge in [-0.15, -0.1) is 0 Å². The second-order valence-electron chi connectivity index (χ2n) is 6.32. The topological polar surface area (TPSA) is 8.17 Å². The summed E-state index contributed by atoms with van der Waals surface area (Å²) in [6.07, 6.45) is 4.76. The van der Waals surface area contributed by atoms with E-state index in [0.29, 0.717) is 0 Å². The van der Waals surface area contributed by atoms with Gasteiger partial charge in [0, 0.05) is 36.8 Å². The van der Waals surface area contributed by atoms with Gasteiger partial charge in [0.1, 0.15) is 11.6 Å². The van der Waals surface area contributed by atoms with E-state index in [1.807, 2.05) is 24.4 Å². The summed E-state index contributed by atoms with van der Waals surface area (Å²) in [5.74, 6) is -0.468. The summed E-state index contributed by atoms with van der Waals surface area (Å²) in [5, 5.41) is 0.959. The highest BCUT2D eigenvalue weighted by Crippen LogP contribution is 2.31. The van der Waals surface area contributed by atoms with E-state index < -0.39 is 0 Å². The van der Waals surface area contributed by atoms with Crippen LogP contribution in [0.25, 0.3) is 23.2 Å². The Morgan fingerprint density at radius 3 is 2.71 bits per heavy atom. The average Bonchev–Trinajstić information content (AvgIpc) is 2.85. The van der Waals surface area contributed by atoms with Crippen molar-refractivity contribution in [1.29, 1.82) is 0 Å². The first-order chi connectivity index (χ1) is 11.6. The van der Waals surface area contributed by atoms with Crippen LogP contribution in [0.15, 0.2) is 42.5 Å². The molecule has 1 aromatic heterocycles. The minimum Gasteiger partial charge on any atom is -0.320 e. The number of nitrogens with zero attached hydrogens (tertiary/aromatic N) is 2. The largest absolute Gasteiger partial charge is 0.320 e. The third kappa shape index (κ3) is 2.63. The highest BCUT2D eigenvalue weighted by atomic mass is 19.1. The Kier molecular flexibility index (Phi) is 3.69. The Morgan fingerprint density at radius 2 is 1.88 bits per heavy atom. The summed E-state index contributed by atoms with van der Waals surface area (Å²) < 4.78 is 29.2. The molecule has 0 bridgehead atoms. The van der Waals surface area contributed by atoms with Crippen LogP contribution in [0.3, 0.4) is 0 Å². The van der Waals surface area contributed by atoms with Crippen LogP contribution in [0.4, 0.5) is 8.78 Å². The summed E-state index contributed by atoms with van der Waals surface area (Å²) in [6, 6.07) is 11.4. The van der Waals surface area contributed by atoms with Gasteiger partial charge in [-0.3, -0.25) is 0 Å². The van der Waals surface area contributed by atoms with Crippen LogP contribution in [-0.4, -0.2) is 23.1 Å². The van der Waals surface area contributed by atoms with Crippen LogP contribution < -0.4 is 0 Å². The maximum Gasteiger partial charge on any atom is 0.123 e. The molecule has 0 spiro atoms. The number of hydrogen-bond acceptors (Lipinski definition) is 1. The van der Waals surface area contributed by atoms with Gasteiger partial charge in [0.15, 0.2) is 0 Å². The van der Waals surface area contributed by atoms with Crippen LogP contribution in [-0.2, 0) is 13.0 Å². The Morgan fingerprint density at radius 1 is 1.04 bits per heavy atom. The minimum atomic E-state index is -0.250. The molecule has 0 saturated heterocycles. The monoisotopic (exact) mass is 324 g/mol. The molecule has 0 amide bonds. The SMILES string of the molecule is CN1CCc2c(c3cc(F)ccc3n2/C=C/c2cccc(F)c2)C1. The lowest BCUT2D eigenvalue weighted by Crippen LogP contribution is -2.26. The number of halogens is 2. The van der Waals surface area contributed by atoms with Gasteiger partial charge in [0.2, 0.25) is 0 Å². The standard InChI is InChI=1S/C20H18F2N2/c1-23-9-8-20-18(13-23)17-12-16(22)5-6-19(17)24(20)10-7-14-3-2-4-15(21)11-14/h2-7,10-12H,8-9,13H2,1H3/b10-7+. The van der Waals surface area contributed by atoms with E-state index in [1.54, 1.807) is 12.1 Å². The van der Waals surface area contributed by atoms with Gasteiger partial charge in [-0.2, -0.15) is 0 Å². The molecular formula is C20H18F2N2. The zero-order valence-corrected chi connectivity index (χ0v) is 13.5. The molecule has 0 radical (unpaired) electrons. The van der Waals surface area contributed by atoms with Crippen molar-refractivity contribution >= 4 is 23.2 Å². The fraction of sp³-hybridized carbons (Fsp3) is 0.200. The van der Waals surface area contributed by atoms with E-state index in [2.05, 4.69) is 16.5 Å². The predicted molar refractivity (Wildman–Crippen MR) is 93.6 cm³/mol. The molecule has 0 unspecified atom stereocenters. The highest BCUT2D eigenvalue weighted by Gasteiger charge is 2.21. The number of aromatic nitrogens is 1. The zero-order chi connectivity index (χ0) is 16.7. The van der Waals surface area contributed by atoms with E-state index in [1.165, 1.54) is 29.5 Å². The predicted octanol–water partition coefficient (Wildman–Crippen LogP) is 4.54. The van der Waals surface area contributed by atoms with Gasteiger partial charge in [0.05, 0.1) is 5.52 Å². The molecule has 122 valence electrons. The molecule has 0 atom stereocenters. The third-order valence-electron chi connectivity index (χ3n) is 4.61. The van der Waals surface area contributed by atoms with Crippen molar-refractivity contribution in [3.8, 4) is 0 Å². The number of rotatable bonds is 2. The average molecular weight is 324 g/mol. The molecule has 0 saturated carbocycles. The van der Waals surface area contributed by atoms with E-state index >= 15 is 0 Å². The van der Waals surface area contributed by atoms with Gasteiger partial charge >= 0.3 is 0 Å². The van der Waals surface area contributed by atoms with Crippen molar-refractivity contribution in [1.82, 2.24) is 9.47 Å². The maximum atomic E-state index is 13.7. The van der Waals surface area contributed by atoms with Crippen molar-refractivity contribution < 1.29 is 8.78 Å². The van der Waals surface area contributed by atoms with Gasteiger partial charge in [0.25, 0.3) is 0 Å². The molecular weight excluding hydrogens is 306 g/mol. The maximum absolute atomic E-state index is 13.7. The molecule has 2 heterocycles. The first-order valence-electron chi connectivity index (χ1n) is 8.05. The first kappa shape index (κ1) is 15.1. The van der Waals surface area contributed by atoms with E-state index in [4.69, 9.17) is 0 Å². The van der Waals surface area contributed by atoms with Crippen molar-refractivity contribution in [2.24, 2.45) is 0 Å². The van der Waals surface area contributed by atoms with Crippen molar-refractivity contribution in [3.05, 3.63) is 70.9 Å². The minimum absolute atomic E-state index is 0.218. The number of hydrogen-bond donors (Lipinski definition) is 0. The summed E-state index contributed by atoms with van der Waals surface area (Å²) in [7, 11) is 2.08. The Hall–Kier alpha value is -2.46. The number of likely N-dealkylation sites (N-methyl/N-ethyl adjacent to an activating group) is 1. The molecule has 0 aliphatic carbocycles. The van der Waals surface area contributed by atoms with Crippen LogP contribution in [0.2, 0.25) is 0 Å². The number of benzene rings is 2. The molecule has 0 N–H and O–H groups in total. The quantitative estimate of drug-likeness (QED) is 0.672. The van der Waals surface area contributed by atoms with Crippen molar-refractivity contribution in [3.63, 3.8) is 0 Å². The lowest BCUT2D eigenvalue weighted by atomic mass is 10.1. The zero-order valence-electron chi connectivity index (χ0n) is 13.5. The lowest BCUT2D eigenvalue weighted by molar-refractivity contribution is 0.312. The van der Waals surface area contributed by atoms with Gasteiger partial charge < -0.3 is 9.47 Å².